The molecule has 0 radical (unpaired) electrons. The number of aromatic nitrogens is 2. The first kappa shape index (κ1) is 22.1. The summed E-state index contributed by atoms with van der Waals surface area (Å²) in [6.45, 7) is 4.83. The number of hydrogen-bond donors (Lipinski definition) is 2. The second kappa shape index (κ2) is 9.18. The molecule has 1 aliphatic heterocycles. The molecule has 1 amide bonds. The Labute approximate surface area is 194 Å². The molecule has 10 heteroatoms. The summed E-state index contributed by atoms with van der Waals surface area (Å²) in [6.07, 6.45) is 3.43. The summed E-state index contributed by atoms with van der Waals surface area (Å²) < 4.78 is 20.2. The van der Waals surface area contributed by atoms with Crippen molar-refractivity contribution in [3.05, 3.63) is 59.1 Å². The van der Waals surface area contributed by atoms with E-state index in [1.807, 2.05) is 6.07 Å². The molecule has 0 unspecified atom stereocenters. The van der Waals surface area contributed by atoms with Gasteiger partial charge in [0, 0.05) is 30.6 Å². The Morgan fingerprint density at radius 3 is 2.91 bits per heavy atom. The molecule has 3 aromatic rings. The molecule has 0 saturated carbocycles. The van der Waals surface area contributed by atoms with E-state index in [1.165, 1.54) is 24.5 Å². The average molecular weight is 476 g/mol. The lowest BCUT2D eigenvalue weighted by Crippen LogP contribution is -2.36. The number of carbonyl (C=O) groups excluding carboxylic acids is 1. The molecule has 0 aliphatic carbocycles. The minimum absolute atomic E-state index is 0.00386. The van der Waals surface area contributed by atoms with Crippen molar-refractivity contribution in [3.63, 3.8) is 0 Å². The van der Waals surface area contributed by atoms with Crippen LogP contribution in [-0.2, 0) is 4.79 Å². The van der Waals surface area contributed by atoms with Crippen LogP contribution in [0.1, 0.15) is 6.42 Å². The quantitative estimate of drug-likeness (QED) is 0.397. The lowest BCUT2D eigenvalue weighted by atomic mass is 10.1. The van der Waals surface area contributed by atoms with Crippen molar-refractivity contribution in [1.29, 1.82) is 0 Å². The number of methoxy groups -OCH3 is 1. The van der Waals surface area contributed by atoms with Crippen LogP contribution in [0, 0.1) is 5.82 Å². The number of ether oxygens (including phenoxy) is 1. The van der Waals surface area contributed by atoms with E-state index in [9.17, 15) is 9.18 Å². The summed E-state index contributed by atoms with van der Waals surface area (Å²) in [5.74, 6) is 0.177. The van der Waals surface area contributed by atoms with Crippen LogP contribution in [0.25, 0.3) is 10.9 Å². The van der Waals surface area contributed by atoms with Gasteiger partial charge in [-0.1, -0.05) is 29.8 Å². The van der Waals surface area contributed by atoms with E-state index in [4.69, 9.17) is 27.9 Å². The van der Waals surface area contributed by atoms with Crippen molar-refractivity contribution in [2.24, 2.45) is 0 Å². The molecule has 4 rings (SSSR count). The lowest BCUT2D eigenvalue weighted by molar-refractivity contribution is -0.117. The molecular formula is C22H20Cl2FN5O2. The minimum Gasteiger partial charge on any atom is -0.495 e. The number of amides is 1. The molecule has 1 aromatic heterocycles. The SMILES string of the molecule is C=CC(=O)N[C@@H]1CCN(c2cc3c(Nc4ccc(Cl)c(Cl)c4F)ncnc3cc2OC)C1. The van der Waals surface area contributed by atoms with E-state index < -0.39 is 5.82 Å². The second-order valence-electron chi connectivity index (χ2n) is 7.26. The van der Waals surface area contributed by atoms with Gasteiger partial charge in [0.2, 0.25) is 5.91 Å². The van der Waals surface area contributed by atoms with E-state index in [0.29, 0.717) is 29.0 Å². The number of rotatable bonds is 6. The normalized spacial score (nSPS) is 15.6. The zero-order valence-corrected chi connectivity index (χ0v) is 18.7. The number of benzene rings is 2. The van der Waals surface area contributed by atoms with Crippen LogP contribution in [0.5, 0.6) is 5.75 Å². The van der Waals surface area contributed by atoms with Gasteiger partial charge in [-0.25, -0.2) is 14.4 Å². The third-order valence-electron chi connectivity index (χ3n) is 5.28. The van der Waals surface area contributed by atoms with E-state index >= 15 is 0 Å². The highest BCUT2D eigenvalue weighted by molar-refractivity contribution is 6.42. The first-order chi connectivity index (χ1) is 15.4. The predicted octanol–water partition coefficient (Wildman–Crippen LogP) is 4.71. The van der Waals surface area contributed by atoms with Crippen LogP contribution < -0.4 is 20.3 Å². The predicted molar refractivity (Wildman–Crippen MR) is 125 cm³/mol. The highest BCUT2D eigenvalue weighted by atomic mass is 35.5. The number of anilines is 3. The van der Waals surface area contributed by atoms with Crippen molar-refractivity contribution in [2.45, 2.75) is 12.5 Å². The Morgan fingerprint density at radius 2 is 2.16 bits per heavy atom. The fourth-order valence-electron chi connectivity index (χ4n) is 3.69. The number of carbonyl (C=O) groups is 1. The van der Waals surface area contributed by atoms with E-state index in [0.717, 1.165) is 18.7 Å². The molecule has 0 bridgehead atoms. The van der Waals surface area contributed by atoms with Gasteiger partial charge in [-0.05, 0) is 30.7 Å². The van der Waals surface area contributed by atoms with Gasteiger partial charge in [-0.3, -0.25) is 4.79 Å². The fourth-order valence-corrected chi connectivity index (χ4v) is 4.00. The molecule has 2 aromatic carbocycles. The molecule has 1 aliphatic rings. The van der Waals surface area contributed by atoms with Crippen molar-refractivity contribution in [1.82, 2.24) is 15.3 Å². The fraction of sp³-hybridized carbons (Fsp3) is 0.227. The van der Waals surface area contributed by atoms with Crippen LogP contribution >= 0.6 is 23.2 Å². The third-order valence-corrected chi connectivity index (χ3v) is 6.07. The lowest BCUT2D eigenvalue weighted by Gasteiger charge is -2.22. The summed E-state index contributed by atoms with van der Waals surface area (Å²) in [5.41, 5.74) is 1.59. The molecular weight excluding hydrogens is 456 g/mol. The van der Waals surface area contributed by atoms with Crippen LogP contribution in [0.4, 0.5) is 21.6 Å². The number of hydrogen-bond acceptors (Lipinski definition) is 6. The maximum atomic E-state index is 14.6. The van der Waals surface area contributed by atoms with Gasteiger partial charge in [0.05, 0.1) is 34.0 Å². The zero-order valence-electron chi connectivity index (χ0n) is 17.2. The Hall–Kier alpha value is -3.10. The highest BCUT2D eigenvalue weighted by Crippen LogP contribution is 2.38. The minimum atomic E-state index is -0.667. The first-order valence-corrected chi connectivity index (χ1v) is 10.6. The third kappa shape index (κ3) is 4.28. The summed E-state index contributed by atoms with van der Waals surface area (Å²) in [7, 11) is 1.59. The van der Waals surface area contributed by atoms with E-state index in [1.54, 1.807) is 13.2 Å². The van der Waals surface area contributed by atoms with Crippen LogP contribution in [-0.4, -0.2) is 42.1 Å². The summed E-state index contributed by atoms with van der Waals surface area (Å²) in [5, 5.41) is 6.54. The maximum Gasteiger partial charge on any atom is 0.243 e. The van der Waals surface area contributed by atoms with E-state index in [-0.39, 0.29) is 27.7 Å². The standard InChI is InChI=1S/C22H20Cl2FN5O2/c1-3-19(31)28-12-6-7-30(10-12)17-8-13-16(9-18(17)32-2)26-11-27-22(13)29-15-5-4-14(23)20(24)21(15)25/h3-5,8-9,11-12H,1,6-7,10H2,2H3,(H,28,31)(H,26,27,29)/t12-/m1/s1. The van der Waals surface area contributed by atoms with Crippen LogP contribution in [0.15, 0.2) is 43.2 Å². The van der Waals surface area contributed by atoms with Gasteiger partial charge in [-0.15, -0.1) is 0 Å². The van der Waals surface area contributed by atoms with Crippen molar-refractivity contribution in [3.8, 4) is 5.75 Å². The van der Waals surface area contributed by atoms with Crippen molar-refractivity contribution >= 4 is 57.2 Å². The molecule has 1 atom stereocenters. The summed E-state index contributed by atoms with van der Waals surface area (Å²) in [6, 6.07) is 6.70. The van der Waals surface area contributed by atoms with Crippen molar-refractivity contribution < 1.29 is 13.9 Å². The number of fused-ring (bicyclic) bond motifs is 1. The topological polar surface area (TPSA) is 79.4 Å². The Kier molecular flexibility index (Phi) is 6.34. The van der Waals surface area contributed by atoms with Gasteiger partial charge in [0.1, 0.15) is 17.9 Å². The molecule has 0 spiro atoms. The molecule has 1 saturated heterocycles. The van der Waals surface area contributed by atoms with Gasteiger partial charge >= 0.3 is 0 Å². The highest BCUT2D eigenvalue weighted by Gasteiger charge is 2.26. The van der Waals surface area contributed by atoms with Gasteiger partial charge in [-0.2, -0.15) is 0 Å². The number of nitrogens with zero attached hydrogens (tertiary/aromatic N) is 3. The Bertz CT molecular complexity index is 1210. The van der Waals surface area contributed by atoms with E-state index in [2.05, 4.69) is 32.1 Å². The summed E-state index contributed by atoms with van der Waals surface area (Å²) >= 11 is 11.8. The zero-order chi connectivity index (χ0) is 22.8. The maximum absolute atomic E-state index is 14.6. The Balaban J connectivity index is 1.70. The van der Waals surface area contributed by atoms with Gasteiger partial charge < -0.3 is 20.3 Å². The number of halogens is 3. The smallest absolute Gasteiger partial charge is 0.243 e. The van der Waals surface area contributed by atoms with Gasteiger partial charge in [0.15, 0.2) is 5.82 Å². The molecule has 32 heavy (non-hydrogen) atoms. The van der Waals surface area contributed by atoms with Crippen LogP contribution in [0.3, 0.4) is 0 Å². The van der Waals surface area contributed by atoms with Gasteiger partial charge in [0.25, 0.3) is 0 Å². The molecule has 2 heterocycles. The largest absolute Gasteiger partial charge is 0.495 e. The van der Waals surface area contributed by atoms with Crippen molar-refractivity contribution in [2.75, 3.05) is 30.4 Å². The number of nitrogens with one attached hydrogen (secondary N) is 2. The summed E-state index contributed by atoms with van der Waals surface area (Å²) in [4.78, 5) is 22.4. The molecule has 7 nitrogen and oxygen atoms in total. The second-order valence-corrected chi connectivity index (χ2v) is 8.04. The Morgan fingerprint density at radius 1 is 1.34 bits per heavy atom. The first-order valence-electron chi connectivity index (χ1n) is 9.82. The monoisotopic (exact) mass is 475 g/mol. The average Bonchev–Trinajstić information content (AvgIpc) is 3.26. The molecule has 2 N–H and O–H groups in total. The molecule has 1 fully saturated rings. The molecule has 166 valence electrons. The van der Waals surface area contributed by atoms with Crippen LogP contribution in [0.2, 0.25) is 10.0 Å².